The zero-order chi connectivity index (χ0) is 13.6. The maximum atomic E-state index is 11.8. The van der Waals surface area contributed by atoms with Crippen molar-refractivity contribution < 1.29 is 9.90 Å². The molecule has 0 bridgehead atoms. The van der Waals surface area contributed by atoms with E-state index in [-0.39, 0.29) is 12.5 Å². The number of nitrogens with two attached hydrogens (primary N) is 1. The molecule has 4 N–H and O–H groups in total. The molecule has 0 heterocycles. The molecule has 1 rings (SSSR count). The maximum absolute atomic E-state index is 11.8. The molecule has 4 nitrogen and oxygen atoms in total. The molecule has 0 saturated heterocycles. The van der Waals surface area contributed by atoms with Crippen LogP contribution in [0.1, 0.15) is 18.5 Å². The van der Waals surface area contributed by atoms with Crippen molar-refractivity contribution in [2.45, 2.75) is 18.6 Å². The van der Waals surface area contributed by atoms with E-state index < -0.39 is 11.6 Å². The van der Waals surface area contributed by atoms with E-state index in [0.717, 1.165) is 5.56 Å². The first kappa shape index (κ1) is 15.0. The maximum Gasteiger partial charge on any atom is 0.241 e. The molecule has 0 aliphatic carbocycles. The highest BCUT2D eigenvalue weighted by Gasteiger charge is 2.22. The zero-order valence-electron chi connectivity index (χ0n) is 10.7. The van der Waals surface area contributed by atoms with Gasteiger partial charge in [0.2, 0.25) is 5.91 Å². The van der Waals surface area contributed by atoms with Gasteiger partial charge in [-0.3, -0.25) is 4.79 Å². The van der Waals surface area contributed by atoms with E-state index in [1.165, 1.54) is 11.8 Å². The van der Waals surface area contributed by atoms with Gasteiger partial charge in [0, 0.05) is 12.3 Å². The summed E-state index contributed by atoms with van der Waals surface area (Å²) in [4.78, 5) is 11.8. The van der Waals surface area contributed by atoms with E-state index in [2.05, 4.69) is 5.32 Å². The molecule has 1 amide bonds. The fraction of sp³-hybridized carbons (Fsp3) is 0.462. The number of benzene rings is 1. The van der Waals surface area contributed by atoms with Gasteiger partial charge in [0.25, 0.3) is 0 Å². The van der Waals surface area contributed by atoms with Crippen molar-refractivity contribution in [2.24, 2.45) is 5.73 Å². The summed E-state index contributed by atoms with van der Waals surface area (Å²) in [6.45, 7) is 1.89. The molecule has 1 aromatic rings. The van der Waals surface area contributed by atoms with Crippen LogP contribution < -0.4 is 11.1 Å². The lowest BCUT2D eigenvalue weighted by Gasteiger charge is -2.23. The van der Waals surface area contributed by atoms with Crippen LogP contribution >= 0.6 is 11.8 Å². The lowest BCUT2D eigenvalue weighted by Crippen LogP contribution is -2.45. The second kappa shape index (κ2) is 6.78. The highest BCUT2D eigenvalue weighted by Crippen LogP contribution is 2.12. The molecule has 1 aromatic carbocycles. The number of rotatable bonds is 6. The fourth-order valence-electron chi connectivity index (χ4n) is 1.56. The smallest absolute Gasteiger partial charge is 0.241 e. The third kappa shape index (κ3) is 4.68. The van der Waals surface area contributed by atoms with Crippen LogP contribution in [0.4, 0.5) is 0 Å². The summed E-state index contributed by atoms with van der Waals surface area (Å²) < 4.78 is 0. The van der Waals surface area contributed by atoms with Crippen LogP contribution in [0.5, 0.6) is 0 Å². The molecule has 0 radical (unpaired) electrons. The van der Waals surface area contributed by atoms with E-state index in [9.17, 15) is 9.90 Å². The molecule has 18 heavy (non-hydrogen) atoms. The molecule has 0 spiro atoms. The van der Waals surface area contributed by atoms with Gasteiger partial charge in [-0.15, -0.1) is 0 Å². The second-order valence-corrected chi connectivity index (χ2v) is 5.40. The van der Waals surface area contributed by atoms with Crippen molar-refractivity contribution in [3.8, 4) is 0 Å². The third-order valence-corrected chi connectivity index (χ3v) is 3.45. The molecule has 100 valence electrons. The van der Waals surface area contributed by atoms with Crippen LogP contribution in [0.15, 0.2) is 30.3 Å². The Kier molecular flexibility index (Phi) is 5.65. The quantitative estimate of drug-likeness (QED) is 0.717. The number of thioether (sulfide) groups is 1. The van der Waals surface area contributed by atoms with Gasteiger partial charge in [0.1, 0.15) is 6.04 Å². The minimum atomic E-state index is -0.911. The average molecular weight is 268 g/mol. The van der Waals surface area contributed by atoms with Crippen molar-refractivity contribution in [3.63, 3.8) is 0 Å². The van der Waals surface area contributed by atoms with Crippen molar-refractivity contribution in [3.05, 3.63) is 35.9 Å². The van der Waals surface area contributed by atoms with Gasteiger partial charge in [0.05, 0.1) is 5.60 Å². The van der Waals surface area contributed by atoms with Crippen molar-refractivity contribution in [1.29, 1.82) is 0 Å². The van der Waals surface area contributed by atoms with E-state index in [0.29, 0.717) is 5.75 Å². The summed E-state index contributed by atoms with van der Waals surface area (Å²) in [6, 6.07) is 8.47. The highest BCUT2D eigenvalue weighted by molar-refractivity contribution is 7.98. The SMILES string of the molecule is CSCC(C)(O)CNC(=O)[C@H](N)c1ccccc1. The topological polar surface area (TPSA) is 75.3 Å². The standard InChI is InChI=1S/C13H20N2O2S/c1-13(17,9-18-2)8-15-12(16)11(14)10-6-4-3-5-7-10/h3-7,11,17H,8-9,14H2,1-2H3,(H,15,16)/t11-,13?/m1/s1. The molecule has 0 fully saturated rings. The predicted molar refractivity (Wildman–Crippen MR) is 75.4 cm³/mol. The number of amides is 1. The van der Waals surface area contributed by atoms with E-state index in [1.807, 2.05) is 36.6 Å². The Morgan fingerprint density at radius 2 is 2.11 bits per heavy atom. The van der Waals surface area contributed by atoms with Crippen LogP contribution in [0.2, 0.25) is 0 Å². The number of carbonyl (C=O) groups excluding carboxylic acids is 1. The molecular weight excluding hydrogens is 248 g/mol. The highest BCUT2D eigenvalue weighted by atomic mass is 32.2. The number of hydrogen-bond donors (Lipinski definition) is 3. The van der Waals surface area contributed by atoms with Crippen molar-refractivity contribution in [1.82, 2.24) is 5.32 Å². The van der Waals surface area contributed by atoms with E-state index in [4.69, 9.17) is 5.73 Å². The molecule has 0 aliphatic heterocycles. The molecule has 0 aliphatic rings. The summed E-state index contributed by atoms with van der Waals surface area (Å²) in [6.07, 6.45) is 1.91. The van der Waals surface area contributed by atoms with Gasteiger partial charge in [-0.25, -0.2) is 0 Å². The lowest BCUT2D eigenvalue weighted by atomic mass is 10.1. The summed E-state index contributed by atoms with van der Waals surface area (Å²) >= 11 is 1.53. The Balaban J connectivity index is 2.51. The van der Waals surface area contributed by atoms with Crippen LogP contribution in [0, 0.1) is 0 Å². The number of carbonyl (C=O) groups is 1. The average Bonchev–Trinajstić information content (AvgIpc) is 2.36. The van der Waals surface area contributed by atoms with Gasteiger partial charge >= 0.3 is 0 Å². The fourth-order valence-corrected chi connectivity index (χ4v) is 2.29. The predicted octanol–water partition coefficient (Wildman–Crippen LogP) is 0.917. The zero-order valence-corrected chi connectivity index (χ0v) is 11.5. The van der Waals surface area contributed by atoms with Gasteiger partial charge < -0.3 is 16.2 Å². The van der Waals surface area contributed by atoms with Gasteiger partial charge in [-0.2, -0.15) is 11.8 Å². The van der Waals surface area contributed by atoms with Crippen LogP contribution in [-0.4, -0.2) is 35.2 Å². The van der Waals surface area contributed by atoms with Crippen molar-refractivity contribution in [2.75, 3.05) is 18.6 Å². The minimum absolute atomic E-state index is 0.202. The normalized spacial score (nSPS) is 15.8. The van der Waals surface area contributed by atoms with Gasteiger partial charge in [0.15, 0.2) is 0 Å². The number of hydrogen-bond acceptors (Lipinski definition) is 4. The molecule has 2 atom stereocenters. The largest absolute Gasteiger partial charge is 0.387 e. The Labute approximate surface area is 112 Å². The third-order valence-electron chi connectivity index (χ3n) is 2.54. The Morgan fingerprint density at radius 1 is 1.50 bits per heavy atom. The van der Waals surface area contributed by atoms with E-state index >= 15 is 0 Å². The van der Waals surface area contributed by atoms with Crippen LogP contribution in [0.3, 0.4) is 0 Å². The summed E-state index contributed by atoms with van der Waals surface area (Å²) in [5.41, 5.74) is 5.70. The van der Waals surface area contributed by atoms with Gasteiger partial charge in [-0.05, 0) is 18.7 Å². The Bertz CT molecular complexity index is 382. The van der Waals surface area contributed by atoms with Gasteiger partial charge in [-0.1, -0.05) is 30.3 Å². The molecular formula is C13H20N2O2S. The first-order valence-electron chi connectivity index (χ1n) is 5.76. The Morgan fingerprint density at radius 3 is 2.67 bits per heavy atom. The number of aliphatic hydroxyl groups is 1. The van der Waals surface area contributed by atoms with E-state index in [1.54, 1.807) is 6.92 Å². The molecule has 5 heteroatoms. The second-order valence-electron chi connectivity index (χ2n) is 4.54. The summed E-state index contributed by atoms with van der Waals surface area (Å²) in [7, 11) is 0. The monoisotopic (exact) mass is 268 g/mol. The first-order valence-corrected chi connectivity index (χ1v) is 7.15. The Hall–Kier alpha value is -1.04. The first-order chi connectivity index (χ1) is 8.46. The minimum Gasteiger partial charge on any atom is -0.387 e. The molecule has 0 aromatic heterocycles. The number of nitrogens with one attached hydrogen (secondary N) is 1. The van der Waals surface area contributed by atoms with Crippen LogP contribution in [-0.2, 0) is 4.79 Å². The van der Waals surface area contributed by atoms with Crippen LogP contribution in [0.25, 0.3) is 0 Å². The lowest BCUT2D eigenvalue weighted by molar-refractivity contribution is -0.123. The summed E-state index contributed by atoms with van der Waals surface area (Å²) in [5.74, 6) is 0.288. The molecule has 0 saturated carbocycles. The van der Waals surface area contributed by atoms with Crippen molar-refractivity contribution >= 4 is 17.7 Å². The summed E-state index contributed by atoms with van der Waals surface area (Å²) in [5, 5.41) is 12.6. The molecule has 1 unspecified atom stereocenters.